The maximum absolute atomic E-state index is 4.14. The van der Waals surface area contributed by atoms with E-state index in [9.17, 15) is 0 Å². The van der Waals surface area contributed by atoms with Crippen LogP contribution in [0.25, 0.3) is 0 Å². The lowest BCUT2D eigenvalue weighted by Gasteiger charge is -2.05. The molecule has 0 aliphatic heterocycles. The minimum absolute atomic E-state index is 0.922. The number of nitrogens with zero attached hydrogens (tertiary/aromatic N) is 1. The van der Waals surface area contributed by atoms with Gasteiger partial charge in [-0.25, -0.2) is 0 Å². The van der Waals surface area contributed by atoms with E-state index in [2.05, 4.69) is 61.9 Å². The molecule has 0 aliphatic carbocycles. The van der Waals surface area contributed by atoms with Crippen LogP contribution in [0.2, 0.25) is 0 Å². The van der Waals surface area contributed by atoms with E-state index in [1.807, 2.05) is 13.8 Å². The van der Waals surface area contributed by atoms with Gasteiger partial charge in [0.2, 0.25) is 0 Å². The molecule has 0 amide bonds. The van der Waals surface area contributed by atoms with Gasteiger partial charge in [0.25, 0.3) is 0 Å². The zero-order chi connectivity index (χ0) is 15.8. The molecule has 0 saturated heterocycles. The molecule has 0 spiro atoms. The molecule has 0 heterocycles. The molecule has 0 atom stereocenters. The lowest BCUT2D eigenvalue weighted by Crippen LogP contribution is -2.17. The summed E-state index contributed by atoms with van der Waals surface area (Å²) >= 11 is 0. The summed E-state index contributed by atoms with van der Waals surface area (Å²) < 4.78 is 0. The standard InChI is InChI=1S/C13H18N2.C3H8.C2H6/c1-4-15-13(14-3)10-9-12-7-5-11(2)6-8-12;1-3-2;1-2/h4-8H,1,9-10H2,2-3H3,(H,14,15);3H2,1-2H3;1-2H3. The van der Waals surface area contributed by atoms with E-state index >= 15 is 0 Å². The first-order chi connectivity index (χ1) is 9.67. The largest absolute Gasteiger partial charge is 0.351 e. The van der Waals surface area contributed by atoms with E-state index in [1.54, 1.807) is 13.2 Å². The van der Waals surface area contributed by atoms with Crippen LogP contribution < -0.4 is 5.32 Å². The van der Waals surface area contributed by atoms with Gasteiger partial charge in [-0.05, 0) is 25.1 Å². The molecule has 20 heavy (non-hydrogen) atoms. The fraction of sp³-hybridized carbons (Fsp3) is 0.500. The quantitative estimate of drug-likeness (QED) is 0.598. The summed E-state index contributed by atoms with van der Waals surface area (Å²) in [5.74, 6) is 0.977. The summed E-state index contributed by atoms with van der Waals surface area (Å²) in [7, 11) is 1.79. The van der Waals surface area contributed by atoms with E-state index in [-0.39, 0.29) is 0 Å². The first-order valence-corrected chi connectivity index (χ1v) is 7.56. The third-order valence-corrected chi connectivity index (χ3v) is 2.31. The van der Waals surface area contributed by atoms with Crippen molar-refractivity contribution in [1.29, 1.82) is 0 Å². The molecule has 0 unspecified atom stereocenters. The molecule has 1 rings (SSSR count). The van der Waals surface area contributed by atoms with Gasteiger partial charge < -0.3 is 5.32 Å². The minimum atomic E-state index is 0.922. The molecule has 2 nitrogen and oxygen atoms in total. The lowest BCUT2D eigenvalue weighted by molar-refractivity contribution is 0.988. The third kappa shape index (κ3) is 11.5. The number of benzene rings is 1. The number of nitrogens with one attached hydrogen (secondary N) is 1. The van der Waals surface area contributed by atoms with Crippen LogP contribution in [-0.4, -0.2) is 12.9 Å². The molecule has 0 saturated carbocycles. The molecule has 2 heteroatoms. The fourth-order valence-corrected chi connectivity index (χ4v) is 1.38. The van der Waals surface area contributed by atoms with Crippen molar-refractivity contribution >= 4 is 5.84 Å². The summed E-state index contributed by atoms with van der Waals surface area (Å²) in [5, 5.41) is 3.03. The number of hydrogen-bond donors (Lipinski definition) is 1. The first-order valence-electron chi connectivity index (χ1n) is 7.56. The van der Waals surface area contributed by atoms with Crippen molar-refractivity contribution in [2.24, 2.45) is 4.99 Å². The SMILES string of the molecule is C=CNC(CCc1ccc(C)cc1)=NC.CC.CCC. The van der Waals surface area contributed by atoms with E-state index in [1.165, 1.54) is 17.5 Å². The van der Waals surface area contributed by atoms with Crippen LogP contribution in [0.5, 0.6) is 0 Å². The van der Waals surface area contributed by atoms with Crippen molar-refractivity contribution in [2.45, 2.75) is 53.9 Å². The van der Waals surface area contributed by atoms with E-state index < -0.39 is 0 Å². The molecule has 0 bridgehead atoms. The second kappa shape index (κ2) is 15.5. The van der Waals surface area contributed by atoms with Crippen molar-refractivity contribution in [3.63, 3.8) is 0 Å². The van der Waals surface area contributed by atoms with Crippen LogP contribution in [0.4, 0.5) is 0 Å². The maximum Gasteiger partial charge on any atom is 0.100 e. The normalized spacial score (nSPS) is 9.60. The van der Waals surface area contributed by atoms with Gasteiger partial charge in [0.1, 0.15) is 5.84 Å². The highest BCUT2D eigenvalue weighted by Gasteiger charge is 1.97. The average Bonchev–Trinajstić information content (AvgIpc) is 2.48. The second-order valence-corrected chi connectivity index (χ2v) is 4.21. The maximum atomic E-state index is 4.14. The van der Waals surface area contributed by atoms with Crippen molar-refractivity contribution < 1.29 is 0 Å². The van der Waals surface area contributed by atoms with Crippen LogP contribution in [0.1, 0.15) is 51.7 Å². The highest BCUT2D eigenvalue weighted by atomic mass is 15.0. The van der Waals surface area contributed by atoms with Crippen LogP contribution >= 0.6 is 0 Å². The van der Waals surface area contributed by atoms with Crippen molar-refractivity contribution in [3.8, 4) is 0 Å². The Morgan fingerprint density at radius 3 is 2.10 bits per heavy atom. The number of aliphatic imine (C=N–C) groups is 1. The Labute approximate surface area is 126 Å². The van der Waals surface area contributed by atoms with E-state index in [4.69, 9.17) is 0 Å². The first kappa shape index (κ1) is 20.7. The van der Waals surface area contributed by atoms with Crippen LogP contribution in [0.3, 0.4) is 0 Å². The van der Waals surface area contributed by atoms with Crippen LogP contribution in [0.15, 0.2) is 42.0 Å². The van der Waals surface area contributed by atoms with Gasteiger partial charge in [0, 0.05) is 13.5 Å². The average molecular weight is 276 g/mol. The van der Waals surface area contributed by atoms with Crippen LogP contribution in [-0.2, 0) is 6.42 Å². The number of aryl methyl sites for hydroxylation is 2. The number of rotatable bonds is 4. The molecule has 114 valence electrons. The highest BCUT2D eigenvalue weighted by Crippen LogP contribution is 2.05. The van der Waals surface area contributed by atoms with Gasteiger partial charge in [-0.15, -0.1) is 0 Å². The lowest BCUT2D eigenvalue weighted by atomic mass is 10.1. The van der Waals surface area contributed by atoms with Gasteiger partial charge in [-0.1, -0.05) is 70.5 Å². The number of amidine groups is 1. The van der Waals surface area contributed by atoms with Crippen LogP contribution in [0, 0.1) is 6.92 Å². The smallest absolute Gasteiger partial charge is 0.100 e. The molecule has 0 aliphatic rings. The highest BCUT2D eigenvalue weighted by molar-refractivity contribution is 5.83. The summed E-state index contributed by atoms with van der Waals surface area (Å²) in [4.78, 5) is 4.14. The van der Waals surface area contributed by atoms with Gasteiger partial charge in [0.05, 0.1) is 0 Å². The zero-order valence-corrected chi connectivity index (χ0v) is 14.2. The molecular weight excluding hydrogens is 244 g/mol. The molecule has 1 aromatic rings. The van der Waals surface area contributed by atoms with Gasteiger partial charge in [-0.3, -0.25) is 4.99 Å². The van der Waals surface area contributed by atoms with Crippen molar-refractivity contribution in [2.75, 3.05) is 7.05 Å². The Balaban J connectivity index is 0. The minimum Gasteiger partial charge on any atom is -0.351 e. The Morgan fingerprint density at radius 2 is 1.70 bits per heavy atom. The fourth-order valence-electron chi connectivity index (χ4n) is 1.38. The van der Waals surface area contributed by atoms with Crippen molar-refractivity contribution in [3.05, 3.63) is 48.2 Å². The van der Waals surface area contributed by atoms with Gasteiger partial charge >= 0.3 is 0 Å². The predicted molar refractivity (Wildman–Crippen MR) is 93.5 cm³/mol. The molecule has 1 N–H and O–H groups in total. The summed E-state index contributed by atoms with van der Waals surface area (Å²) in [6.07, 6.45) is 4.84. The van der Waals surface area contributed by atoms with E-state index in [0.29, 0.717) is 0 Å². The topological polar surface area (TPSA) is 24.4 Å². The van der Waals surface area contributed by atoms with Gasteiger partial charge in [-0.2, -0.15) is 0 Å². The monoisotopic (exact) mass is 276 g/mol. The Kier molecular flexibility index (Phi) is 16.1. The summed E-state index contributed by atoms with van der Waals surface area (Å²) in [6.45, 7) is 14.0. The molecule has 1 aromatic carbocycles. The molecular formula is C18H32N2. The Bertz CT molecular complexity index is 350. The predicted octanol–water partition coefficient (Wildman–Crippen LogP) is 5.13. The summed E-state index contributed by atoms with van der Waals surface area (Å²) in [6, 6.07) is 8.60. The Hall–Kier alpha value is -1.57. The number of hydrogen-bond acceptors (Lipinski definition) is 1. The molecule has 0 radical (unpaired) electrons. The van der Waals surface area contributed by atoms with Crippen molar-refractivity contribution in [1.82, 2.24) is 5.32 Å². The summed E-state index contributed by atoms with van der Waals surface area (Å²) in [5.41, 5.74) is 2.64. The Morgan fingerprint density at radius 1 is 1.20 bits per heavy atom. The van der Waals surface area contributed by atoms with E-state index in [0.717, 1.165) is 18.7 Å². The molecule has 0 aromatic heterocycles. The zero-order valence-electron chi connectivity index (χ0n) is 14.2. The molecule has 0 fully saturated rings. The van der Waals surface area contributed by atoms with Gasteiger partial charge in [0.15, 0.2) is 0 Å². The second-order valence-electron chi connectivity index (χ2n) is 4.21. The third-order valence-electron chi connectivity index (χ3n) is 2.31.